The van der Waals surface area contributed by atoms with Crippen LogP contribution in [0.25, 0.3) is 22.4 Å². The predicted molar refractivity (Wildman–Crippen MR) is 71.9 cm³/mol. The summed E-state index contributed by atoms with van der Waals surface area (Å²) in [6.07, 6.45) is 8.22. The molecule has 0 N–H and O–H groups in total. The first kappa shape index (κ1) is 11.3. The lowest BCUT2D eigenvalue weighted by Gasteiger charge is -2.07. The van der Waals surface area contributed by atoms with E-state index >= 15 is 0 Å². The highest BCUT2D eigenvalue weighted by Gasteiger charge is 2.10. The molecule has 3 aromatic heterocycles. The van der Waals surface area contributed by atoms with E-state index < -0.39 is 0 Å². The van der Waals surface area contributed by atoms with Crippen LogP contribution in [0.4, 0.5) is 0 Å². The van der Waals surface area contributed by atoms with Gasteiger partial charge < -0.3 is 5.21 Å². The van der Waals surface area contributed by atoms with Crippen LogP contribution >= 0.6 is 0 Å². The smallest absolute Gasteiger partial charge is 0.188 e. The Morgan fingerprint density at radius 3 is 2.58 bits per heavy atom. The van der Waals surface area contributed by atoms with Crippen LogP contribution in [0.15, 0.2) is 67.4 Å². The Hall–Kier alpha value is -2.75. The third-order valence-electron chi connectivity index (χ3n) is 2.83. The van der Waals surface area contributed by atoms with Gasteiger partial charge in [-0.1, -0.05) is 6.07 Å². The fourth-order valence-corrected chi connectivity index (χ4v) is 1.99. The fraction of sp³-hybridized carbons (Fsp3) is 0. The van der Waals surface area contributed by atoms with Gasteiger partial charge in [-0.15, -0.1) is 0 Å². The summed E-state index contributed by atoms with van der Waals surface area (Å²) in [6.45, 7) is 0. The molecule has 3 rings (SSSR count). The van der Waals surface area contributed by atoms with E-state index in [9.17, 15) is 5.21 Å². The Morgan fingerprint density at radius 1 is 0.947 bits per heavy atom. The minimum absolute atomic E-state index is 0.787. The van der Waals surface area contributed by atoms with Crippen molar-refractivity contribution in [1.82, 2.24) is 9.97 Å². The van der Waals surface area contributed by atoms with Crippen LogP contribution in [0, 0.1) is 5.21 Å². The molecule has 19 heavy (non-hydrogen) atoms. The van der Waals surface area contributed by atoms with Gasteiger partial charge in [0, 0.05) is 41.3 Å². The van der Waals surface area contributed by atoms with Crippen molar-refractivity contribution < 1.29 is 4.73 Å². The molecule has 0 radical (unpaired) electrons. The van der Waals surface area contributed by atoms with E-state index in [2.05, 4.69) is 9.97 Å². The van der Waals surface area contributed by atoms with Crippen molar-refractivity contribution in [2.24, 2.45) is 0 Å². The SMILES string of the molecule is [O-][n+]1cccc(-c2cccnc2-c2cccnc2)c1. The zero-order valence-corrected chi connectivity index (χ0v) is 10.1. The van der Waals surface area contributed by atoms with Crippen LogP contribution < -0.4 is 4.73 Å². The van der Waals surface area contributed by atoms with Gasteiger partial charge >= 0.3 is 0 Å². The van der Waals surface area contributed by atoms with Gasteiger partial charge in [-0.3, -0.25) is 9.97 Å². The molecule has 0 saturated carbocycles. The van der Waals surface area contributed by atoms with Crippen LogP contribution in [0.5, 0.6) is 0 Å². The Kier molecular flexibility index (Phi) is 2.90. The molecule has 4 nitrogen and oxygen atoms in total. The van der Waals surface area contributed by atoms with Crippen molar-refractivity contribution in [2.75, 3.05) is 0 Å². The van der Waals surface area contributed by atoms with Crippen LogP contribution in [0.1, 0.15) is 0 Å². The highest BCUT2D eigenvalue weighted by molar-refractivity contribution is 5.79. The van der Waals surface area contributed by atoms with Gasteiger partial charge in [-0.25, -0.2) is 0 Å². The molecule has 0 bridgehead atoms. The van der Waals surface area contributed by atoms with Crippen LogP contribution in [0.3, 0.4) is 0 Å². The van der Waals surface area contributed by atoms with E-state index in [4.69, 9.17) is 0 Å². The maximum Gasteiger partial charge on any atom is 0.188 e. The van der Waals surface area contributed by atoms with Gasteiger partial charge in [0.05, 0.1) is 5.69 Å². The van der Waals surface area contributed by atoms with Gasteiger partial charge in [-0.05, 0) is 24.3 Å². The standard InChI is InChI=1S/C15H11N3O/c19-18-9-3-5-13(11-18)14-6-2-8-17-15(14)12-4-1-7-16-10-12/h1-11H. The average Bonchev–Trinajstić information content (AvgIpc) is 2.48. The Morgan fingerprint density at radius 2 is 1.79 bits per heavy atom. The monoisotopic (exact) mass is 249 g/mol. The maximum atomic E-state index is 11.4. The number of nitrogens with zero attached hydrogens (tertiary/aromatic N) is 3. The molecule has 0 unspecified atom stereocenters. The van der Waals surface area contributed by atoms with Gasteiger partial charge in [0.25, 0.3) is 0 Å². The molecule has 0 amide bonds. The van der Waals surface area contributed by atoms with E-state index in [1.807, 2.05) is 30.3 Å². The third-order valence-corrected chi connectivity index (χ3v) is 2.83. The van der Waals surface area contributed by atoms with Crippen LogP contribution in [0.2, 0.25) is 0 Å². The summed E-state index contributed by atoms with van der Waals surface area (Å²) in [6, 6.07) is 11.2. The minimum Gasteiger partial charge on any atom is -0.619 e. The first-order valence-electron chi connectivity index (χ1n) is 5.89. The topological polar surface area (TPSA) is 52.7 Å². The molecule has 0 aliphatic carbocycles. The Bertz CT molecular complexity index is 699. The van der Waals surface area contributed by atoms with Crippen molar-refractivity contribution in [3.63, 3.8) is 0 Å². The molecule has 0 aliphatic heterocycles. The summed E-state index contributed by atoms with van der Waals surface area (Å²) < 4.78 is 0.787. The lowest BCUT2D eigenvalue weighted by atomic mass is 10.0. The average molecular weight is 249 g/mol. The molecule has 0 aliphatic rings. The molecule has 0 fully saturated rings. The summed E-state index contributed by atoms with van der Waals surface area (Å²) >= 11 is 0. The van der Waals surface area contributed by atoms with Crippen molar-refractivity contribution in [3.8, 4) is 22.4 Å². The quantitative estimate of drug-likeness (QED) is 0.517. The largest absolute Gasteiger partial charge is 0.619 e. The minimum atomic E-state index is 0.787. The lowest BCUT2D eigenvalue weighted by Crippen LogP contribution is -2.24. The first-order chi connectivity index (χ1) is 9.34. The van der Waals surface area contributed by atoms with Crippen molar-refractivity contribution in [1.29, 1.82) is 0 Å². The summed E-state index contributed by atoms with van der Waals surface area (Å²) in [5, 5.41) is 11.4. The van der Waals surface area contributed by atoms with Crippen molar-refractivity contribution in [3.05, 3.63) is 72.6 Å². The number of aromatic nitrogens is 3. The molecular weight excluding hydrogens is 238 g/mol. The second-order valence-electron chi connectivity index (χ2n) is 4.09. The van der Waals surface area contributed by atoms with Gasteiger partial charge in [0.2, 0.25) is 0 Å². The zero-order chi connectivity index (χ0) is 13.1. The van der Waals surface area contributed by atoms with E-state index in [1.54, 1.807) is 24.7 Å². The van der Waals surface area contributed by atoms with Crippen LogP contribution in [-0.2, 0) is 0 Å². The summed E-state index contributed by atoms with van der Waals surface area (Å²) in [4.78, 5) is 8.51. The number of pyridine rings is 3. The normalized spacial score (nSPS) is 10.3. The van der Waals surface area contributed by atoms with Crippen LogP contribution in [-0.4, -0.2) is 9.97 Å². The molecule has 4 heteroatoms. The molecule has 0 atom stereocenters. The van der Waals surface area contributed by atoms with Gasteiger partial charge in [-0.2, -0.15) is 4.73 Å². The molecular formula is C15H11N3O. The van der Waals surface area contributed by atoms with Gasteiger partial charge in [0.1, 0.15) is 0 Å². The second kappa shape index (κ2) is 4.86. The molecule has 3 heterocycles. The summed E-state index contributed by atoms with van der Waals surface area (Å²) in [5.74, 6) is 0. The highest BCUT2D eigenvalue weighted by Crippen LogP contribution is 2.28. The van der Waals surface area contributed by atoms with E-state index in [0.717, 1.165) is 27.1 Å². The molecule has 92 valence electrons. The Labute approximate surface area is 110 Å². The summed E-state index contributed by atoms with van der Waals surface area (Å²) in [7, 11) is 0. The summed E-state index contributed by atoms with van der Waals surface area (Å²) in [5.41, 5.74) is 3.51. The van der Waals surface area contributed by atoms with E-state index in [0.29, 0.717) is 0 Å². The highest BCUT2D eigenvalue weighted by atomic mass is 16.5. The third kappa shape index (κ3) is 2.28. The zero-order valence-electron chi connectivity index (χ0n) is 10.1. The molecule has 0 spiro atoms. The predicted octanol–water partition coefficient (Wildman–Crippen LogP) is 2.44. The Balaban J connectivity index is 2.18. The fourth-order valence-electron chi connectivity index (χ4n) is 1.99. The van der Waals surface area contributed by atoms with E-state index in [1.165, 1.54) is 12.4 Å². The molecule has 0 saturated heterocycles. The molecule has 3 aromatic rings. The number of hydrogen-bond donors (Lipinski definition) is 0. The first-order valence-corrected chi connectivity index (χ1v) is 5.89. The van der Waals surface area contributed by atoms with E-state index in [-0.39, 0.29) is 0 Å². The molecule has 0 aromatic carbocycles. The van der Waals surface area contributed by atoms with Crippen molar-refractivity contribution in [2.45, 2.75) is 0 Å². The number of rotatable bonds is 2. The lowest BCUT2D eigenvalue weighted by molar-refractivity contribution is -0.604. The van der Waals surface area contributed by atoms with Crippen molar-refractivity contribution >= 4 is 0 Å². The second-order valence-corrected chi connectivity index (χ2v) is 4.09. The number of hydrogen-bond acceptors (Lipinski definition) is 3. The van der Waals surface area contributed by atoms with Gasteiger partial charge in [0.15, 0.2) is 12.4 Å². The maximum absolute atomic E-state index is 11.4.